The van der Waals surface area contributed by atoms with Crippen molar-refractivity contribution in [3.63, 3.8) is 0 Å². The maximum atomic E-state index is 10.8. The molecule has 0 aliphatic rings. The van der Waals surface area contributed by atoms with Crippen LogP contribution in [0.1, 0.15) is 46.0 Å². The predicted molar refractivity (Wildman–Crippen MR) is 74.5 cm³/mol. The molecule has 0 aromatic rings. The highest BCUT2D eigenvalue weighted by molar-refractivity contribution is 5.81. The standard InChI is InChI=1S/C15H26O3/c1-4-7-8-9-10-11-14(5-2)17-12-13-18-15(16)6-3/h6-8,14H,3-5,9-13H2,1-2H3. The van der Waals surface area contributed by atoms with Crippen molar-refractivity contribution in [1.29, 1.82) is 0 Å². The predicted octanol–water partition coefficient (Wildman–Crippen LogP) is 3.65. The van der Waals surface area contributed by atoms with Gasteiger partial charge < -0.3 is 9.47 Å². The number of esters is 1. The Balaban J connectivity index is 3.54. The van der Waals surface area contributed by atoms with E-state index in [2.05, 4.69) is 32.6 Å². The molecule has 0 N–H and O–H groups in total. The van der Waals surface area contributed by atoms with Crippen LogP contribution in [0.2, 0.25) is 0 Å². The molecule has 0 aromatic carbocycles. The summed E-state index contributed by atoms with van der Waals surface area (Å²) in [5.41, 5.74) is 0. The second kappa shape index (κ2) is 12.4. The minimum atomic E-state index is -0.392. The lowest BCUT2D eigenvalue weighted by Gasteiger charge is -2.15. The fraction of sp³-hybridized carbons (Fsp3) is 0.667. The lowest BCUT2D eigenvalue weighted by molar-refractivity contribution is -0.140. The first-order chi connectivity index (χ1) is 8.74. The van der Waals surface area contributed by atoms with Crippen LogP contribution in [0.3, 0.4) is 0 Å². The van der Waals surface area contributed by atoms with Gasteiger partial charge in [-0.25, -0.2) is 4.79 Å². The Morgan fingerprint density at radius 3 is 2.67 bits per heavy atom. The Bertz CT molecular complexity index is 246. The topological polar surface area (TPSA) is 35.5 Å². The van der Waals surface area contributed by atoms with Gasteiger partial charge in [0.05, 0.1) is 12.7 Å². The van der Waals surface area contributed by atoms with E-state index in [1.807, 2.05) is 0 Å². The molecule has 0 amide bonds. The highest BCUT2D eigenvalue weighted by Crippen LogP contribution is 2.09. The number of carbonyl (C=O) groups is 1. The van der Waals surface area contributed by atoms with E-state index >= 15 is 0 Å². The number of allylic oxidation sites excluding steroid dienone is 2. The Morgan fingerprint density at radius 2 is 2.06 bits per heavy atom. The minimum Gasteiger partial charge on any atom is -0.460 e. The number of ether oxygens (including phenoxy) is 2. The molecule has 3 heteroatoms. The van der Waals surface area contributed by atoms with E-state index < -0.39 is 5.97 Å². The van der Waals surface area contributed by atoms with Gasteiger partial charge in [-0.3, -0.25) is 0 Å². The van der Waals surface area contributed by atoms with Crippen molar-refractivity contribution >= 4 is 5.97 Å². The fourth-order valence-electron chi connectivity index (χ4n) is 1.57. The summed E-state index contributed by atoms with van der Waals surface area (Å²) in [6.07, 6.45) is 11.2. The molecule has 0 aliphatic carbocycles. The Labute approximate surface area is 111 Å². The third-order valence-corrected chi connectivity index (χ3v) is 2.60. The van der Waals surface area contributed by atoms with Crippen LogP contribution in [-0.4, -0.2) is 25.3 Å². The summed E-state index contributed by atoms with van der Waals surface area (Å²) in [6.45, 7) is 8.35. The molecule has 104 valence electrons. The Morgan fingerprint density at radius 1 is 1.28 bits per heavy atom. The average Bonchev–Trinajstić information content (AvgIpc) is 2.40. The summed E-state index contributed by atoms with van der Waals surface area (Å²) >= 11 is 0. The first-order valence-electron chi connectivity index (χ1n) is 6.80. The fourth-order valence-corrected chi connectivity index (χ4v) is 1.57. The van der Waals surface area contributed by atoms with Gasteiger partial charge in [-0.2, -0.15) is 0 Å². The molecule has 0 saturated carbocycles. The molecule has 0 spiro atoms. The van der Waals surface area contributed by atoms with E-state index in [0.29, 0.717) is 13.2 Å². The second-order valence-corrected chi connectivity index (χ2v) is 4.08. The first kappa shape index (κ1) is 16.9. The summed E-state index contributed by atoms with van der Waals surface area (Å²) in [7, 11) is 0. The molecule has 0 aromatic heterocycles. The van der Waals surface area contributed by atoms with Crippen molar-refractivity contribution in [3.05, 3.63) is 24.8 Å². The normalized spacial score (nSPS) is 12.6. The Kier molecular flexibility index (Phi) is 11.6. The summed E-state index contributed by atoms with van der Waals surface area (Å²) in [4.78, 5) is 10.8. The lowest BCUT2D eigenvalue weighted by Crippen LogP contribution is -2.16. The smallest absolute Gasteiger partial charge is 0.330 e. The lowest BCUT2D eigenvalue weighted by atomic mass is 10.1. The van der Waals surface area contributed by atoms with Gasteiger partial charge in [-0.1, -0.05) is 32.6 Å². The minimum absolute atomic E-state index is 0.266. The summed E-state index contributed by atoms with van der Waals surface area (Å²) in [5.74, 6) is -0.392. The highest BCUT2D eigenvalue weighted by atomic mass is 16.6. The van der Waals surface area contributed by atoms with E-state index in [9.17, 15) is 4.79 Å². The van der Waals surface area contributed by atoms with Gasteiger partial charge in [0.25, 0.3) is 0 Å². The SMILES string of the molecule is C=CC(=O)OCCOC(CC)CCCC=CCC. The van der Waals surface area contributed by atoms with E-state index in [-0.39, 0.29) is 6.10 Å². The highest BCUT2D eigenvalue weighted by Gasteiger charge is 2.06. The van der Waals surface area contributed by atoms with E-state index in [0.717, 1.165) is 38.2 Å². The number of hydrogen-bond donors (Lipinski definition) is 0. The van der Waals surface area contributed by atoms with Crippen molar-refractivity contribution in [2.75, 3.05) is 13.2 Å². The maximum absolute atomic E-state index is 10.8. The van der Waals surface area contributed by atoms with E-state index in [1.54, 1.807) is 0 Å². The molecule has 1 atom stereocenters. The quantitative estimate of drug-likeness (QED) is 0.244. The first-order valence-corrected chi connectivity index (χ1v) is 6.80. The van der Waals surface area contributed by atoms with Gasteiger partial charge >= 0.3 is 5.97 Å². The summed E-state index contributed by atoms with van der Waals surface area (Å²) in [6, 6.07) is 0. The van der Waals surface area contributed by atoms with Crippen molar-refractivity contribution in [2.24, 2.45) is 0 Å². The van der Waals surface area contributed by atoms with Gasteiger partial charge in [-0.15, -0.1) is 0 Å². The molecule has 1 unspecified atom stereocenters. The average molecular weight is 254 g/mol. The molecular weight excluding hydrogens is 228 g/mol. The maximum Gasteiger partial charge on any atom is 0.330 e. The molecule has 0 heterocycles. The van der Waals surface area contributed by atoms with Crippen LogP contribution in [0.15, 0.2) is 24.8 Å². The molecule has 0 saturated heterocycles. The summed E-state index contributed by atoms with van der Waals surface area (Å²) in [5, 5.41) is 0. The summed E-state index contributed by atoms with van der Waals surface area (Å²) < 4.78 is 10.5. The Hall–Kier alpha value is -1.09. The molecule has 0 radical (unpaired) electrons. The van der Waals surface area contributed by atoms with E-state index in [1.165, 1.54) is 0 Å². The van der Waals surface area contributed by atoms with Crippen molar-refractivity contribution in [3.8, 4) is 0 Å². The number of carbonyl (C=O) groups excluding carboxylic acids is 1. The van der Waals surface area contributed by atoms with Crippen molar-refractivity contribution in [2.45, 2.75) is 52.1 Å². The molecule has 0 fully saturated rings. The van der Waals surface area contributed by atoms with Crippen LogP contribution in [0.5, 0.6) is 0 Å². The zero-order chi connectivity index (χ0) is 13.6. The third kappa shape index (κ3) is 10.1. The van der Waals surface area contributed by atoms with Gasteiger partial charge in [0.1, 0.15) is 6.61 Å². The molecular formula is C15H26O3. The van der Waals surface area contributed by atoms with Crippen LogP contribution in [0, 0.1) is 0 Å². The zero-order valence-electron chi connectivity index (χ0n) is 11.7. The molecule has 0 bridgehead atoms. The van der Waals surface area contributed by atoms with Crippen LogP contribution in [0.4, 0.5) is 0 Å². The number of hydrogen-bond acceptors (Lipinski definition) is 3. The van der Waals surface area contributed by atoms with E-state index in [4.69, 9.17) is 9.47 Å². The van der Waals surface area contributed by atoms with Crippen LogP contribution >= 0.6 is 0 Å². The number of unbranched alkanes of at least 4 members (excludes halogenated alkanes) is 1. The third-order valence-electron chi connectivity index (χ3n) is 2.60. The number of rotatable bonds is 11. The van der Waals surface area contributed by atoms with Gasteiger partial charge in [0.15, 0.2) is 0 Å². The molecule has 0 rings (SSSR count). The van der Waals surface area contributed by atoms with Gasteiger partial charge in [-0.05, 0) is 32.1 Å². The monoisotopic (exact) mass is 254 g/mol. The molecule has 18 heavy (non-hydrogen) atoms. The van der Waals surface area contributed by atoms with Gasteiger partial charge in [0, 0.05) is 6.08 Å². The van der Waals surface area contributed by atoms with Crippen LogP contribution < -0.4 is 0 Å². The van der Waals surface area contributed by atoms with Crippen LogP contribution in [0.25, 0.3) is 0 Å². The van der Waals surface area contributed by atoms with Crippen molar-refractivity contribution in [1.82, 2.24) is 0 Å². The molecule has 3 nitrogen and oxygen atoms in total. The van der Waals surface area contributed by atoms with Crippen molar-refractivity contribution < 1.29 is 14.3 Å². The molecule has 0 aliphatic heterocycles. The van der Waals surface area contributed by atoms with Crippen LogP contribution in [-0.2, 0) is 14.3 Å². The van der Waals surface area contributed by atoms with Gasteiger partial charge in [0.2, 0.25) is 0 Å². The second-order valence-electron chi connectivity index (χ2n) is 4.08. The largest absolute Gasteiger partial charge is 0.460 e. The zero-order valence-corrected chi connectivity index (χ0v) is 11.7.